The minimum Gasteiger partial charge on any atom is -0.473 e. The fourth-order valence-corrected chi connectivity index (χ4v) is 3.22. The van der Waals surface area contributed by atoms with E-state index in [-0.39, 0.29) is 35.2 Å². The van der Waals surface area contributed by atoms with Crippen LogP contribution in [0.4, 0.5) is 5.82 Å². The first-order chi connectivity index (χ1) is 18.3. The van der Waals surface area contributed by atoms with Crippen molar-refractivity contribution in [2.75, 3.05) is 24.4 Å². The zero-order chi connectivity index (χ0) is 30.1. The molecular weight excluding hydrogens is 500 g/mol. The quantitative estimate of drug-likeness (QED) is 0.386. The first kappa shape index (κ1) is 15.1. The van der Waals surface area contributed by atoms with Crippen molar-refractivity contribution in [3.8, 4) is 23.0 Å². The van der Waals surface area contributed by atoms with Gasteiger partial charge in [0, 0.05) is 28.8 Å². The number of halogens is 1. The molecule has 3 rings (SSSR count). The summed E-state index contributed by atoms with van der Waals surface area (Å²) in [6, 6.07) is 5.81. The molecule has 2 heterocycles. The Kier molecular flexibility index (Phi) is 5.26. The highest BCUT2D eigenvalue weighted by molar-refractivity contribution is 9.10. The van der Waals surface area contributed by atoms with Gasteiger partial charge in [-0.25, -0.2) is 19.9 Å². The summed E-state index contributed by atoms with van der Waals surface area (Å²) in [5, 5.41) is 0. The first-order valence-electron chi connectivity index (χ1n) is 12.9. The molecule has 10 nitrogen and oxygen atoms in total. The van der Waals surface area contributed by atoms with E-state index in [1.54, 1.807) is 29.0 Å². The third kappa shape index (κ3) is 6.84. The van der Waals surface area contributed by atoms with Crippen LogP contribution in [-0.2, 0) is 10.2 Å². The maximum absolute atomic E-state index is 12.7. The van der Waals surface area contributed by atoms with Gasteiger partial charge in [0.25, 0.3) is 10.2 Å². The smallest absolute Gasteiger partial charge is 0.316 e. The number of hydrogen-bond acceptors (Lipinski definition) is 8. The maximum Gasteiger partial charge on any atom is 0.316 e. The van der Waals surface area contributed by atoms with Crippen molar-refractivity contribution in [1.29, 1.82) is 0 Å². The molecule has 0 unspecified atom stereocenters. The van der Waals surface area contributed by atoms with Crippen LogP contribution in [0.25, 0.3) is 11.1 Å². The molecule has 0 fully saturated rings. The zero-order valence-electron chi connectivity index (χ0n) is 24.8. The van der Waals surface area contributed by atoms with Gasteiger partial charge in [0.1, 0.15) is 19.5 Å². The molecule has 2 N–H and O–H groups in total. The van der Waals surface area contributed by atoms with Crippen molar-refractivity contribution in [3.63, 3.8) is 0 Å². The van der Waals surface area contributed by atoms with Gasteiger partial charge in [-0.3, -0.25) is 4.72 Å². The number of hydrogen-bond donors (Lipinski definition) is 2. The van der Waals surface area contributed by atoms with Crippen molar-refractivity contribution in [2.45, 2.75) is 20.2 Å². The molecule has 0 spiro atoms. The molecule has 3 aromatic rings. The predicted molar refractivity (Wildman–Crippen MR) is 124 cm³/mol. The molecule has 0 amide bonds. The van der Waals surface area contributed by atoms with Crippen molar-refractivity contribution in [2.24, 2.45) is 0 Å². The van der Waals surface area contributed by atoms with Crippen LogP contribution in [-0.4, -0.2) is 48.0 Å². The molecule has 0 bridgehead atoms. The van der Waals surface area contributed by atoms with Gasteiger partial charge in [0.05, 0.1) is 11.0 Å². The van der Waals surface area contributed by atoms with E-state index in [4.69, 9.17) is 20.4 Å². The summed E-state index contributed by atoms with van der Waals surface area (Å²) in [5.74, 6) is -0.670. The number of aromatic nitrogens is 4. The number of nitrogens with one attached hydrogen (secondary N) is 2. The highest BCUT2D eigenvalue weighted by Crippen LogP contribution is 2.34. The lowest BCUT2D eigenvalue weighted by Crippen LogP contribution is -2.31. The SMILES string of the molecule is [2H]c1nc(OC([2H])([2H])COc2ncnc(NS(=O)(=O)NC([2H])([2H])C([2H])([2H])C)c2-c2ccc(Br)cc2)nc([2H])c1C. The summed E-state index contributed by atoms with van der Waals surface area (Å²) in [7, 11) is -4.75. The largest absolute Gasteiger partial charge is 0.473 e. The average molecular weight is 531 g/mol. The van der Waals surface area contributed by atoms with Crippen LogP contribution in [0.3, 0.4) is 0 Å². The monoisotopic (exact) mass is 530 g/mol. The molecule has 0 saturated heterocycles. The van der Waals surface area contributed by atoms with Gasteiger partial charge in [-0.05, 0) is 36.6 Å². The molecule has 0 atom stereocenters. The minimum atomic E-state index is -4.75. The summed E-state index contributed by atoms with van der Waals surface area (Å²) in [5.41, 5.74) is 0.452. The van der Waals surface area contributed by atoms with E-state index in [1.807, 2.05) is 4.72 Å². The molecular formula is C20H23BrN6O4S. The fourth-order valence-electron chi connectivity index (χ4n) is 2.25. The Morgan fingerprint density at radius 2 is 1.84 bits per heavy atom. The molecule has 12 heteroatoms. The van der Waals surface area contributed by atoms with Gasteiger partial charge in [0.2, 0.25) is 5.88 Å². The molecule has 0 aliphatic carbocycles. The van der Waals surface area contributed by atoms with Gasteiger partial charge < -0.3 is 9.47 Å². The van der Waals surface area contributed by atoms with E-state index in [2.05, 4.69) is 35.9 Å². The molecule has 0 aliphatic heterocycles. The molecule has 32 heavy (non-hydrogen) atoms. The summed E-state index contributed by atoms with van der Waals surface area (Å²) < 4.78 is 103. The molecule has 0 radical (unpaired) electrons. The van der Waals surface area contributed by atoms with Crippen molar-refractivity contribution in [1.82, 2.24) is 24.7 Å². The Balaban J connectivity index is 1.95. The summed E-state index contributed by atoms with van der Waals surface area (Å²) in [6.45, 7) is -4.09. The van der Waals surface area contributed by atoms with Crippen LogP contribution in [0.2, 0.25) is 0 Å². The van der Waals surface area contributed by atoms with Gasteiger partial charge in [-0.2, -0.15) is 13.1 Å². The van der Waals surface area contributed by atoms with Crippen molar-refractivity contribution >= 4 is 32.0 Å². The molecule has 170 valence electrons. The van der Waals surface area contributed by atoms with Gasteiger partial charge in [-0.15, -0.1) is 0 Å². The number of ether oxygens (including phenoxy) is 2. The highest BCUT2D eigenvalue weighted by atomic mass is 79.9. The minimum absolute atomic E-state index is 0.0512. The molecule has 0 aliphatic rings. The van der Waals surface area contributed by atoms with E-state index in [0.29, 0.717) is 10.0 Å². The molecule has 1 aromatic carbocycles. The van der Waals surface area contributed by atoms with Crippen LogP contribution in [0.1, 0.15) is 29.8 Å². The Hall–Kier alpha value is -2.83. The van der Waals surface area contributed by atoms with Crippen LogP contribution < -0.4 is 18.9 Å². The fraction of sp³-hybridized carbons (Fsp3) is 0.300. The van der Waals surface area contributed by atoms with E-state index in [9.17, 15) is 8.42 Å². The summed E-state index contributed by atoms with van der Waals surface area (Å²) >= 11 is 3.29. The van der Waals surface area contributed by atoms with Gasteiger partial charge in [-0.1, -0.05) is 35.0 Å². The standard InChI is InChI=1S/C20H23BrN6O4S/c1-3-8-26-32(28,29)27-18-17(15-4-6-16(21)7-5-15)19(25-13-24-18)30-9-10-31-20-22-11-14(2)12-23-20/h4-7,11-13,26H,3,8-10H2,1-2H3,(H,24,25,27)/i3D2,8D2,10D2,11D,12D. The van der Waals surface area contributed by atoms with E-state index in [0.717, 1.165) is 13.3 Å². The Bertz CT molecular complexity index is 1470. The number of anilines is 1. The summed E-state index contributed by atoms with van der Waals surface area (Å²) in [4.78, 5) is 15.3. The first-order valence-corrected chi connectivity index (χ1v) is 11.1. The van der Waals surface area contributed by atoms with E-state index < -0.39 is 42.3 Å². The topological polar surface area (TPSA) is 128 Å². The highest BCUT2D eigenvalue weighted by Gasteiger charge is 2.19. The second-order valence-electron chi connectivity index (χ2n) is 5.88. The predicted octanol–water partition coefficient (Wildman–Crippen LogP) is 3.12. The molecule has 2 aromatic heterocycles. The average Bonchev–Trinajstić information content (AvgIpc) is 2.80. The Morgan fingerprint density at radius 1 is 1.12 bits per heavy atom. The zero-order valence-corrected chi connectivity index (χ0v) is 19.2. The lowest BCUT2D eigenvalue weighted by atomic mass is 10.1. The second kappa shape index (κ2) is 11.2. The second-order valence-corrected chi connectivity index (χ2v) is 8.21. The number of nitrogens with zero attached hydrogens (tertiary/aromatic N) is 4. The lowest BCUT2D eigenvalue weighted by Gasteiger charge is -2.15. The maximum atomic E-state index is 12.7. The third-order valence-electron chi connectivity index (χ3n) is 3.56. The van der Waals surface area contributed by atoms with Crippen LogP contribution >= 0.6 is 15.9 Å². The lowest BCUT2D eigenvalue weighted by molar-refractivity contribution is 0.202. The van der Waals surface area contributed by atoms with Crippen molar-refractivity contribution in [3.05, 3.63) is 53.0 Å². The van der Waals surface area contributed by atoms with Crippen molar-refractivity contribution < 1.29 is 28.9 Å². The molecule has 0 saturated carbocycles. The normalized spacial score (nSPS) is 16.2. The van der Waals surface area contributed by atoms with Crippen LogP contribution in [0.5, 0.6) is 11.9 Å². The van der Waals surface area contributed by atoms with Crippen LogP contribution in [0, 0.1) is 6.92 Å². The Labute approximate surface area is 206 Å². The Morgan fingerprint density at radius 3 is 2.53 bits per heavy atom. The van der Waals surface area contributed by atoms with Crippen LogP contribution in [0.15, 0.2) is 47.4 Å². The van der Waals surface area contributed by atoms with Gasteiger partial charge >= 0.3 is 6.01 Å². The van der Waals surface area contributed by atoms with E-state index >= 15 is 0 Å². The summed E-state index contributed by atoms with van der Waals surface area (Å²) in [6.07, 6.45) is -2.29. The number of benzene rings is 1. The van der Waals surface area contributed by atoms with Gasteiger partial charge in [0.15, 0.2) is 5.82 Å². The number of rotatable bonds is 11. The third-order valence-corrected chi connectivity index (χ3v) is 4.92. The van der Waals surface area contributed by atoms with E-state index in [1.165, 1.54) is 6.92 Å².